The van der Waals surface area contributed by atoms with Crippen LogP contribution in [0.15, 0.2) is 78.9 Å². The van der Waals surface area contributed by atoms with Crippen molar-refractivity contribution in [1.82, 2.24) is 0 Å². The summed E-state index contributed by atoms with van der Waals surface area (Å²) in [6, 6.07) is 23.7. The van der Waals surface area contributed by atoms with E-state index < -0.39 is 17.4 Å². The zero-order valence-corrected chi connectivity index (χ0v) is 16.4. The molecule has 3 aromatic carbocycles. The van der Waals surface area contributed by atoms with Gasteiger partial charge in [0, 0.05) is 17.8 Å². The maximum absolute atomic E-state index is 13.2. The molecule has 1 heterocycles. The van der Waals surface area contributed by atoms with Gasteiger partial charge in [0.05, 0.1) is 18.7 Å². The van der Waals surface area contributed by atoms with Crippen molar-refractivity contribution in [3.63, 3.8) is 0 Å². The minimum atomic E-state index is -1.91. The maximum Gasteiger partial charge on any atom is 0.264 e. The number of para-hydroxylation sites is 1. The van der Waals surface area contributed by atoms with Crippen molar-refractivity contribution in [2.24, 2.45) is 5.73 Å². The highest BCUT2D eigenvalue weighted by Gasteiger charge is 2.50. The molecule has 0 spiro atoms. The second kappa shape index (κ2) is 8.10. The number of amides is 2. The molecule has 1 aliphatic rings. The van der Waals surface area contributed by atoms with Crippen LogP contribution in [0.4, 0.5) is 11.4 Å². The van der Waals surface area contributed by atoms with Gasteiger partial charge < -0.3 is 21.1 Å². The molecule has 1 unspecified atom stereocenters. The van der Waals surface area contributed by atoms with Crippen molar-refractivity contribution < 1.29 is 14.7 Å². The summed E-state index contributed by atoms with van der Waals surface area (Å²) in [6.45, 7) is 0.734. The molecule has 1 aliphatic heterocycles. The van der Waals surface area contributed by atoms with Crippen LogP contribution in [0.2, 0.25) is 0 Å². The van der Waals surface area contributed by atoms with Crippen molar-refractivity contribution >= 4 is 23.2 Å². The number of nitrogens with one attached hydrogen (secondary N) is 1. The van der Waals surface area contributed by atoms with Crippen LogP contribution in [0.1, 0.15) is 23.1 Å². The van der Waals surface area contributed by atoms with Crippen molar-refractivity contribution in [2.45, 2.75) is 25.1 Å². The van der Waals surface area contributed by atoms with E-state index in [1.54, 1.807) is 30.3 Å². The first-order valence-corrected chi connectivity index (χ1v) is 9.78. The number of hydrogen-bond donors (Lipinski definition) is 3. The van der Waals surface area contributed by atoms with Crippen LogP contribution in [-0.2, 0) is 28.3 Å². The van der Waals surface area contributed by atoms with E-state index in [4.69, 9.17) is 5.73 Å². The number of anilines is 2. The first kappa shape index (κ1) is 19.8. The molecule has 0 saturated heterocycles. The summed E-state index contributed by atoms with van der Waals surface area (Å²) in [5, 5.41) is 14.1. The molecule has 152 valence electrons. The largest absolute Gasteiger partial charge is 0.375 e. The second-order valence-corrected chi connectivity index (χ2v) is 7.38. The normalized spacial score (nSPS) is 17.7. The molecule has 30 heavy (non-hydrogen) atoms. The number of carbonyl (C=O) groups is 2. The number of hydrogen-bond acceptors (Lipinski definition) is 4. The van der Waals surface area contributed by atoms with Crippen LogP contribution < -0.4 is 16.0 Å². The van der Waals surface area contributed by atoms with Crippen LogP contribution in [0, 0.1) is 0 Å². The fourth-order valence-electron chi connectivity index (χ4n) is 3.76. The van der Waals surface area contributed by atoms with Gasteiger partial charge in [-0.3, -0.25) is 9.59 Å². The lowest BCUT2D eigenvalue weighted by Gasteiger charge is -2.23. The Labute approximate surface area is 174 Å². The average molecular weight is 401 g/mol. The number of nitrogens with two attached hydrogens (primary N) is 1. The van der Waals surface area contributed by atoms with Gasteiger partial charge >= 0.3 is 0 Å². The fraction of sp³-hybridized carbons (Fsp3) is 0.167. The second-order valence-electron chi connectivity index (χ2n) is 7.38. The molecule has 6 nitrogen and oxygen atoms in total. The van der Waals surface area contributed by atoms with Gasteiger partial charge in [0.15, 0.2) is 5.60 Å². The van der Waals surface area contributed by atoms with Gasteiger partial charge in [-0.1, -0.05) is 60.7 Å². The standard InChI is InChI=1S/C24H23N3O3/c25-15-17-10-12-19(13-11-17)26-22(28)14-24(30)20-8-4-5-9-21(20)27(23(24)29)16-18-6-2-1-3-7-18/h1-13,30H,14-16,25H2,(H,26,28). The van der Waals surface area contributed by atoms with E-state index in [2.05, 4.69) is 5.32 Å². The van der Waals surface area contributed by atoms with Gasteiger partial charge in [0.25, 0.3) is 5.91 Å². The molecule has 0 fully saturated rings. The highest BCUT2D eigenvalue weighted by atomic mass is 16.3. The topological polar surface area (TPSA) is 95.7 Å². The first-order chi connectivity index (χ1) is 14.5. The van der Waals surface area contributed by atoms with Crippen molar-refractivity contribution in [3.8, 4) is 0 Å². The lowest BCUT2D eigenvalue weighted by Crippen LogP contribution is -2.42. The lowest BCUT2D eigenvalue weighted by atomic mass is 9.91. The zero-order chi connectivity index (χ0) is 21.1. The Balaban J connectivity index is 1.57. The number of nitrogens with zero attached hydrogens (tertiary/aromatic N) is 1. The maximum atomic E-state index is 13.2. The Morgan fingerprint density at radius 1 is 0.933 bits per heavy atom. The quantitative estimate of drug-likeness (QED) is 0.592. The third-order valence-electron chi connectivity index (χ3n) is 5.31. The van der Waals surface area contributed by atoms with E-state index in [9.17, 15) is 14.7 Å². The number of rotatable bonds is 6. The van der Waals surface area contributed by atoms with Crippen LogP contribution in [0.3, 0.4) is 0 Å². The number of aliphatic hydroxyl groups is 1. The molecule has 0 aromatic heterocycles. The number of fused-ring (bicyclic) bond motifs is 1. The molecule has 0 bridgehead atoms. The third kappa shape index (κ3) is 3.70. The van der Waals surface area contributed by atoms with E-state index >= 15 is 0 Å². The van der Waals surface area contributed by atoms with E-state index in [1.807, 2.05) is 48.5 Å². The summed E-state index contributed by atoms with van der Waals surface area (Å²) in [6.07, 6.45) is -0.368. The minimum Gasteiger partial charge on any atom is -0.375 e. The Kier molecular flexibility index (Phi) is 5.35. The van der Waals surface area contributed by atoms with E-state index in [1.165, 1.54) is 4.90 Å². The molecule has 0 saturated carbocycles. The summed E-state index contributed by atoms with van der Waals surface area (Å²) < 4.78 is 0. The van der Waals surface area contributed by atoms with Crippen LogP contribution in [-0.4, -0.2) is 16.9 Å². The molecular weight excluding hydrogens is 378 g/mol. The van der Waals surface area contributed by atoms with Crippen molar-refractivity contribution in [3.05, 3.63) is 95.6 Å². The summed E-state index contributed by atoms with van der Waals surface area (Å²) in [5.41, 5.74) is 7.22. The van der Waals surface area contributed by atoms with Gasteiger partial charge in [-0.25, -0.2) is 0 Å². The molecule has 0 radical (unpaired) electrons. The number of benzene rings is 3. The predicted molar refractivity (Wildman–Crippen MR) is 116 cm³/mol. The Bertz CT molecular complexity index is 1070. The summed E-state index contributed by atoms with van der Waals surface area (Å²) in [4.78, 5) is 27.5. The Morgan fingerprint density at radius 2 is 1.60 bits per heavy atom. The van der Waals surface area contributed by atoms with Crippen molar-refractivity contribution in [1.29, 1.82) is 0 Å². The molecule has 2 amide bonds. The average Bonchev–Trinajstić information content (AvgIpc) is 2.97. The molecule has 4 N–H and O–H groups in total. The smallest absolute Gasteiger partial charge is 0.264 e. The minimum absolute atomic E-state index is 0.321. The molecule has 4 rings (SSSR count). The molecule has 3 aromatic rings. The predicted octanol–water partition coefficient (Wildman–Crippen LogP) is 2.91. The summed E-state index contributed by atoms with van der Waals surface area (Å²) in [7, 11) is 0. The van der Waals surface area contributed by atoms with Gasteiger partial charge in [-0.15, -0.1) is 0 Å². The van der Waals surface area contributed by atoms with E-state index in [-0.39, 0.29) is 6.42 Å². The molecular formula is C24H23N3O3. The van der Waals surface area contributed by atoms with E-state index in [0.717, 1.165) is 11.1 Å². The van der Waals surface area contributed by atoms with Gasteiger partial charge in [0.1, 0.15) is 0 Å². The van der Waals surface area contributed by atoms with Gasteiger partial charge in [0.2, 0.25) is 5.91 Å². The van der Waals surface area contributed by atoms with Gasteiger partial charge in [-0.2, -0.15) is 0 Å². The van der Waals surface area contributed by atoms with Crippen LogP contribution in [0.25, 0.3) is 0 Å². The SMILES string of the molecule is NCc1ccc(NC(=O)CC2(O)C(=O)N(Cc3ccccc3)c3ccccc32)cc1. The first-order valence-electron chi connectivity index (χ1n) is 9.78. The highest BCUT2D eigenvalue weighted by molar-refractivity contribution is 6.09. The highest BCUT2D eigenvalue weighted by Crippen LogP contribution is 2.43. The number of carbonyl (C=O) groups excluding carboxylic acids is 2. The molecule has 6 heteroatoms. The molecule has 0 aliphatic carbocycles. The van der Waals surface area contributed by atoms with E-state index in [0.29, 0.717) is 30.0 Å². The third-order valence-corrected chi connectivity index (χ3v) is 5.31. The van der Waals surface area contributed by atoms with Crippen LogP contribution >= 0.6 is 0 Å². The Morgan fingerprint density at radius 3 is 2.30 bits per heavy atom. The monoisotopic (exact) mass is 401 g/mol. The Hall–Kier alpha value is -3.48. The molecule has 1 atom stereocenters. The lowest BCUT2D eigenvalue weighted by molar-refractivity contribution is -0.141. The summed E-state index contributed by atoms with van der Waals surface area (Å²) in [5.74, 6) is -0.941. The fourth-order valence-corrected chi connectivity index (χ4v) is 3.76. The van der Waals surface area contributed by atoms with Crippen molar-refractivity contribution in [2.75, 3.05) is 10.2 Å². The zero-order valence-electron chi connectivity index (χ0n) is 16.4. The van der Waals surface area contributed by atoms with Crippen LogP contribution in [0.5, 0.6) is 0 Å². The van der Waals surface area contributed by atoms with Gasteiger partial charge in [-0.05, 0) is 29.3 Å². The summed E-state index contributed by atoms with van der Waals surface area (Å²) >= 11 is 0.